The highest BCUT2D eigenvalue weighted by Crippen LogP contribution is 2.26. The molecule has 1 aliphatic rings. The molecular formula is C23H28N6O3. The number of nitrogens with one attached hydrogen (secondary N) is 2. The van der Waals surface area contributed by atoms with E-state index >= 15 is 0 Å². The van der Waals surface area contributed by atoms with Crippen molar-refractivity contribution in [3.05, 3.63) is 53.5 Å². The van der Waals surface area contributed by atoms with E-state index in [1.54, 1.807) is 18.3 Å². The van der Waals surface area contributed by atoms with Gasteiger partial charge in [0.2, 0.25) is 11.7 Å². The van der Waals surface area contributed by atoms with Crippen molar-refractivity contribution in [2.45, 2.75) is 45.2 Å². The number of amides is 1. The average molecular weight is 437 g/mol. The molecule has 1 unspecified atom stereocenters. The summed E-state index contributed by atoms with van der Waals surface area (Å²) in [6.07, 6.45) is 7.56. The zero-order valence-electron chi connectivity index (χ0n) is 18.1. The second-order valence-electron chi connectivity index (χ2n) is 7.82. The van der Waals surface area contributed by atoms with Crippen molar-refractivity contribution in [1.82, 2.24) is 25.6 Å². The fourth-order valence-corrected chi connectivity index (χ4v) is 3.71. The highest BCUT2D eigenvalue weighted by molar-refractivity contribution is 6.00. The van der Waals surface area contributed by atoms with Crippen LogP contribution in [0.5, 0.6) is 5.88 Å². The second kappa shape index (κ2) is 10.2. The molecule has 9 heteroatoms. The standard InChI is InChI=1S/C23H28N6O3/c1-15-6-4-11-26-17(15)14-27-22(30)19-20(24)28-21(18-8-5-12-31-18)29-23(19)32-13-9-16-7-2-3-10-25-16/h4-6,8,11-12,16,25H,2-3,7,9-10,13-14H2,1H3,(H,27,30)(H2,24,28,29). The summed E-state index contributed by atoms with van der Waals surface area (Å²) in [5, 5.41) is 6.35. The van der Waals surface area contributed by atoms with E-state index in [9.17, 15) is 4.79 Å². The van der Waals surface area contributed by atoms with Crippen molar-refractivity contribution < 1.29 is 13.9 Å². The molecule has 4 N–H and O–H groups in total. The van der Waals surface area contributed by atoms with Crippen molar-refractivity contribution >= 4 is 11.7 Å². The first kappa shape index (κ1) is 21.8. The molecule has 0 aromatic carbocycles. The maximum Gasteiger partial charge on any atom is 0.260 e. The normalized spacial score (nSPS) is 16.0. The number of nitrogens with zero attached hydrogens (tertiary/aromatic N) is 3. The second-order valence-corrected chi connectivity index (χ2v) is 7.82. The average Bonchev–Trinajstić information content (AvgIpc) is 3.34. The van der Waals surface area contributed by atoms with E-state index in [1.165, 1.54) is 19.1 Å². The van der Waals surface area contributed by atoms with Crippen LogP contribution in [0.3, 0.4) is 0 Å². The zero-order chi connectivity index (χ0) is 22.3. The predicted molar refractivity (Wildman–Crippen MR) is 120 cm³/mol. The Balaban J connectivity index is 1.53. The molecule has 4 rings (SSSR count). The molecule has 1 amide bonds. The third-order valence-corrected chi connectivity index (χ3v) is 5.52. The van der Waals surface area contributed by atoms with Gasteiger partial charge in [-0.2, -0.15) is 4.98 Å². The molecule has 1 saturated heterocycles. The van der Waals surface area contributed by atoms with E-state index in [0.29, 0.717) is 18.4 Å². The third-order valence-electron chi connectivity index (χ3n) is 5.52. The highest BCUT2D eigenvalue weighted by Gasteiger charge is 2.23. The van der Waals surface area contributed by atoms with Gasteiger partial charge in [0.15, 0.2) is 5.76 Å². The number of pyridine rings is 1. The fourth-order valence-electron chi connectivity index (χ4n) is 3.71. The Hall–Kier alpha value is -3.46. The van der Waals surface area contributed by atoms with E-state index in [-0.39, 0.29) is 29.6 Å². The lowest BCUT2D eigenvalue weighted by Crippen LogP contribution is -2.35. The van der Waals surface area contributed by atoms with Crippen molar-refractivity contribution in [3.63, 3.8) is 0 Å². The number of aromatic nitrogens is 3. The van der Waals surface area contributed by atoms with Crippen LogP contribution in [0.1, 0.15) is 47.3 Å². The lowest BCUT2D eigenvalue weighted by atomic mass is 10.0. The fraction of sp³-hybridized carbons (Fsp3) is 0.391. The van der Waals surface area contributed by atoms with Crippen LogP contribution in [-0.2, 0) is 6.54 Å². The summed E-state index contributed by atoms with van der Waals surface area (Å²) in [6.45, 7) is 3.63. The molecule has 0 spiro atoms. The van der Waals surface area contributed by atoms with Crippen LogP contribution < -0.4 is 21.1 Å². The van der Waals surface area contributed by atoms with Crippen molar-refractivity contribution in [2.24, 2.45) is 0 Å². The number of hydrogen-bond donors (Lipinski definition) is 3. The minimum atomic E-state index is -0.413. The molecule has 32 heavy (non-hydrogen) atoms. The van der Waals surface area contributed by atoms with Crippen LogP contribution in [0.2, 0.25) is 0 Å². The van der Waals surface area contributed by atoms with Gasteiger partial charge >= 0.3 is 0 Å². The smallest absolute Gasteiger partial charge is 0.260 e. The molecule has 168 valence electrons. The maximum absolute atomic E-state index is 13.0. The summed E-state index contributed by atoms with van der Waals surface area (Å²) < 4.78 is 11.4. The molecule has 1 aliphatic heterocycles. The van der Waals surface area contributed by atoms with Gasteiger partial charge < -0.3 is 25.5 Å². The number of carbonyl (C=O) groups is 1. The van der Waals surface area contributed by atoms with E-state index in [2.05, 4.69) is 25.6 Å². The molecule has 0 saturated carbocycles. The minimum absolute atomic E-state index is 0.0347. The lowest BCUT2D eigenvalue weighted by Gasteiger charge is -2.23. The molecule has 3 aromatic rings. The van der Waals surface area contributed by atoms with Gasteiger partial charge in [0.1, 0.15) is 11.4 Å². The van der Waals surface area contributed by atoms with E-state index < -0.39 is 5.91 Å². The summed E-state index contributed by atoms with van der Waals surface area (Å²) in [4.78, 5) is 26.0. The molecule has 4 heterocycles. The Morgan fingerprint density at radius 1 is 1.31 bits per heavy atom. The van der Waals surface area contributed by atoms with Gasteiger partial charge in [0.05, 0.1) is 25.1 Å². The van der Waals surface area contributed by atoms with Crippen LogP contribution in [-0.4, -0.2) is 40.1 Å². The Labute approximate surface area is 186 Å². The van der Waals surface area contributed by atoms with Crippen LogP contribution >= 0.6 is 0 Å². The van der Waals surface area contributed by atoms with E-state index in [0.717, 1.165) is 30.6 Å². The summed E-state index contributed by atoms with van der Waals surface area (Å²) in [5.74, 6) is 0.494. The zero-order valence-corrected chi connectivity index (χ0v) is 18.1. The highest BCUT2D eigenvalue weighted by atomic mass is 16.5. The van der Waals surface area contributed by atoms with Gasteiger partial charge in [0, 0.05) is 12.2 Å². The number of carbonyl (C=O) groups excluding carboxylic acids is 1. The summed E-state index contributed by atoms with van der Waals surface area (Å²) in [6, 6.07) is 7.66. The number of nitrogens with two attached hydrogens (primary N) is 1. The quantitative estimate of drug-likeness (QED) is 0.492. The topological polar surface area (TPSA) is 128 Å². The van der Waals surface area contributed by atoms with Gasteiger partial charge in [-0.05, 0) is 56.5 Å². The Morgan fingerprint density at radius 2 is 2.22 bits per heavy atom. The number of hydrogen-bond acceptors (Lipinski definition) is 8. The minimum Gasteiger partial charge on any atom is -0.477 e. The first-order chi connectivity index (χ1) is 15.6. The number of aryl methyl sites for hydroxylation is 1. The summed E-state index contributed by atoms with van der Waals surface area (Å²) >= 11 is 0. The van der Waals surface area contributed by atoms with Crippen molar-refractivity contribution in [2.75, 3.05) is 18.9 Å². The maximum atomic E-state index is 13.0. The van der Waals surface area contributed by atoms with E-state index in [4.69, 9.17) is 14.9 Å². The van der Waals surface area contributed by atoms with Crippen molar-refractivity contribution in [1.29, 1.82) is 0 Å². The van der Waals surface area contributed by atoms with Gasteiger partial charge in [-0.3, -0.25) is 9.78 Å². The number of ether oxygens (including phenoxy) is 1. The molecule has 1 atom stereocenters. The van der Waals surface area contributed by atoms with Crippen LogP contribution in [0.15, 0.2) is 41.1 Å². The van der Waals surface area contributed by atoms with Gasteiger partial charge in [-0.25, -0.2) is 4.98 Å². The largest absolute Gasteiger partial charge is 0.477 e. The SMILES string of the molecule is Cc1cccnc1CNC(=O)c1c(N)nc(-c2ccco2)nc1OCCC1CCCCN1. The summed E-state index contributed by atoms with van der Waals surface area (Å²) in [5.41, 5.74) is 8.06. The number of furan rings is 1. The van der Waals surface area contributed by atoms with Gasteiger partial charge in [-0.1, -0.05) is 12.5 Å². The monoisotopic (exact) mass is 436 g/mol. The summed E-state index contributed by atoms with van der Waals surface area (Å²) in [7, 11) is 0. The van der Waals surface area contributed by atoms with Gasteiger partial charge in [-0.15, -0.1) is 0 Å². The predicted octanol–water partition coefficient (Wildman–Crippen LogP) is 2.86. The Kier molecular flexibility index (Phi) is 6.96. The first-order valence-corrected chi connectivity index (χ1v) is 10.9. The van der Waals surface area contributed by atoms with Crippen molar-refractivity contribution in [3.8, 4) is 17.5 Å². The molecule has 0 aliphatic carbocycles. The first-order valence-electron chi connectivity index (χ1n) is 10.9. The molecule has 0 bridgehead atoms. The van der Waals surface area contributed by atoms with Crippen LogP contribution in [0.4, 0.5) is 5.82 Å². The number of nitrogen functional groups attached to an aromatic ring is 1. The van der Waals surface area contributed by atoms with Crippen LogP contribution in [0.25, 0.3) is 11.6 Å². The molecule has 3 aromatic heterocycles. The number of piperidine rings is 1. The third kappa shape index (κ3) is 5.23. The van der Waals surface area contributed by atoms with Crippen LogP contribution in [0, 0.1) is 6.92 Å². The number of rotatable bonds is 8. The number of anilines is 1. The van der Waals surface area contributed by atoms with Gasteiger partial charge in [0.25, 0.3) is 5.91 Å². The molecular weight excluding hydrogens is 408 g/mol. The molecule has 1 fully saturated rings. The molecule has 9 nitrogen and oxygen atoms in total. The molecule has 0 radical (unpaired) electrons. The Bertz CT molecular complexity index is 1050. The van der Waals surface area contributed by atoms with E-state index in [1.807, 2.05) is 19.1 Å². The lowest BCUT2D eigenvalue weighted by molar-refractivity contribution is 0.0945. The Morgan fingerprint density at radius 3 is 2.97 bits per heavy atom.